The molecule has 0 radical (unpaired) electrons. The third-order valence-corrected chi connectivity index (χ3v) is 6.28. The Labute approximate surface area is 165 Å². The van der Waals surface area contributed by atoms with Crippen LogP contribution in [0.4, 0.5) is 0 Å². The maximum Gasteiger partial charge on any atom is 0.262 e. The van der Waals surface area contributed by atoms with Gasteiger partial charge in [-0.3, -0.25) is 9.36 Å². The fourth-order valence-corrected chi connectivity index (χ4v) is 4.45. The lowest BCUT2D eigenvalue weighted by molar-refractivity contribution is 0.468. The van der Waals surface area contributed by atoms with E-state index in [0.29, 0.717) is 22.2 Å². The predicted octanol–water partition coefficient (Wildman–Crippen LogP) is 5.38. The molecule has 4 rings (SSSR count). The Morgan fingerprint density at radius 1 is 1.22 bits per heavy atom. The summed E-state index contributed by atoms with van der Waals surface area (Å²) >= 11 is 3.11. The highest BCUT2D eigenvalue weighted by molar-refractivity contribution is 7.98. The number of rotatable bonds is 6. The summed E-state index contributed by atoms with van der Waals surface area (Å²) < 4.78 is 7.39. The van der Waals surface area contributed by atoms with Crippen LogP contribution in [0.2, 0.25) is 0 Å². The highest BCUT2D eigenvalue weighted by atomic mass is 32.2. The van der Waals surface area contributed by atoms with Crippen molar-refractivity contribution in [2.75, 3.05) is 0 Å². The van der Waals surface area contributed by atoms with Gasteiger partial charge in [0.1, 0.15) is 6.26 Å². The van der Waals surface area contributed by atoms with Crippen molar-refractivity contribution in [3.8, 4) is 10.8 Å². The normalized spacial score (nSPS) is 12.5. The number of fused-ring (bicyclic) bond motifs is 1. The molecule has 0 aliphatic carbocycles. The van der Waals surface area contributed by atoms with Crippen LogP contribution >= 0.6 is 23.1 Å². The summed E-state index contributed by atoms with van der Waals surface area (Å²) in [5.74, 6) is 1.22. The van der Waals surface area contributed by atoms with Crippen LogP contribution in [-0.4, -0.2) is 14.5 Å². The van der Waals surface area contributed by atoms with Crippen LogP contribution in [0, 0.1) is 0 Å². The number of nitrogens with zero attached hydrogens (tertiary/aromatic N) is 3. The second kappa shape index (κ2) is 7.70. The number of hydrogen-bond donors (Lipinski definition) is 0. The third-order valence-electron chi connectivity index (χ3n) is 4.44. The molecule has 27 heavy (non-hydrogen) atoms. The Morgan fingerprint density at radius 2 is 2.07 bits per heavy atom. The summed E-state index contributed by atoms with van der Waals surface area (Å²) in [6.07, 6.45) is 2.54. The molecule has 3 heterocycles. The average Bonchev–Trinajstić information content (AvgIpc) is 3.37. The monoisotopic (exact) mass is 397 g/mol. The zero-order chi connectivity index (χ0) is 18.8. The zero-order valence-corrected chi connectivity index (χ0v) is 16.7. The first kappa shape index (κ1) is 18.0. The molecule has 0 saturated heterocycles. The highest BCUT2D eigenvalue weighted by Gasteiger charge is 2.16. The fraction of sp³-hybridized carbons (Fsp3) is 0.250. The SMILES string of the molecule is CC[C@@H](C)n1c(SCc2coc(-c3cccs3)n2)nc2ccccc2c1=O. The first-order valence-electron chi connectivity index (χ1n) is 8.79. The van der Waals surface area contributed by atoms with E-state index in [1.165, 1.54) is 11.8 Å². The molecule has 4 aromatic rings. The van der Waals surface area contributed by atoms with Gasteiger partial charge in [0, 0.05) is 11.8 Å². The van der Waals surface area contributed by atoms with E-state index in [1.807, 2.05) is 48.7 Å². The van der Waals surface area contributed by atoms with Crippen LogP contribution in [0.3, 0.4) is 0 Å². The lowest BCUT2D eigenvalue weighted by Crippen LogP contribution is -2.26. The Bertz CT molecular complexity index is 1120. The van der Waals surface area contributed by atoms with Gasteiger partial charge in [-0.25, -0.2) is 9.97 Å². The van der Waals surface area contributed by atoms with Crippen LogP contribution in [0.5, 0.6) is 0 Å². The molecule has 5 nitrogen and oxygen atoms in total. The number of thiophene rings is 1. The Balaban J connectivity index is 1.66. The summed E-state index contributed by atoms with van der Waals surface area (Å²) in [6.45, 7) is 4.12. The molecule has 1 aromatic carbocycles. The second-order valence-corrected chi connectivity index (χ2v) is 8.14. The molecule has 0 spiro atoms. The summed E-state index contributed by atoms with van der Waals surface area (Å²) in [5.41, 5.74) is 1.57. The molecule has 0 aliphatic rings. The van der Waals surface area contributed by atoms with Crippen molar-refractivity contribution in [2.24, 2.45) is 0 Å². The van der Waals surface area contributed by atoms with Crippen LogP contribution in [0.15, 0.2) is 62.4 Å². The van der Waals surface area contributed by atoms with E-state index >= 15 is 0 Å². The number of oxazole rings is 1. The maximum absolute atomic E-state index is 13.0. The zero-order valence-electron chi connectivity index (χ0n) is 15.1. The number of benzene rings is 1. The molecule has 0 unspecified atom stereocenters. The Hall–Kier alpha value is -2.38. The van der Waals surface area contributed by atoms with E-state index in [2.05, 4.69) is 11.9 Å². The lowest BCUT2D eigenvalue weighted by Gasteiger charge is -2.17. The van der Waals surface area contributed by atoms with Gasteiger partial charge in [0.25, 0.3) is 5.56 Å². The molecule has 0 fully saturated rings. The fourth-order valence-electron chi connectivity index (χ4n) is 2.82. The number of thioether (sulfide) groups is 1. The summed E-state index contributed by atoms with van der Waals surface area (Å²) in [5, 5.41) is 3.37. The van der Waals surface area contributed by atoms with Gasteiger partial charge < -0.3 is 4.42 Å². The van der Waals surface area contributed by atoms with Crippen LogP contribution in [0.1, 0.15) is 32.0 Å². The van der Waals surface area contributed by atoms with E-state index < -0.39 is 0 Å². The number of aromatic nitrogens is 3. The molecular formula is C20H19N3O2S2. The van der Waals surface area contributed by atoms with E-state index in [9.17, 15) is 4.79 Å². The summed E-state index contributed by atoms with van der Waals surface area (Å²) in [4.78, 5) is 23.3. The van der Waals surface area contributed by atoms with Crippen LogP contribution in [0.25, 0.3) is 21.7 Å². The van der Waals surface area contributed by atoms with E-state index in [0.717, 1.165) is 22.5 Å². The van der Waals surface area contributed by atoms with Crippen LogP contribution in [-0.2, 0) is 5.75 Å². The highest BCUT2D eigenvalue weighted by Crippen LogP contribution is 2.28. The summed E-state index contributed by atoms with van der Waals surface area (Å²) in [6, 6.07) is 11.5. The standard InChI is InChI=1S/C20H19N3O2S2/c1-3-13(2)23-19(24)15-7-4-5-8-16(15)22-20(23)27-12-14-11-25-18(21-14)17-9-6-10-26-17/h4-11,13H,3,12H2,1-2H3/t13-/m1/s1. The van der Waals surface area contributed by atoms with Gasteiger partial charge in [-0.1, -0.05) is 36.9 Å². The van der Waals surface area contributed by atoms with E-state index in [-0.39, 0.29) is 11.6 Å². The molecular weight excluding hydrogens is 378 g/mol. The molecule has 7 heteroatoms. The van der Waals surface area contributed by atoms with Gasteiger partial charge in [0.05, 0.1) is 21.5 Å². The van der Waals surface area contributed by atoms with Crippen molar-refractivity contribution in [1.29, 1.82) is 0 Å². The van der Waals surface area contributed by atoms with E-state index in [4.69, 9.17) is 9.40 Å². The van der Waals surface area contributed by atoms with Gasteiger partial charge in [-0.2, -0.15) is 0 Å². The quantitative estimate of drug-likeness (QED) is 0.323. The van der Waals surface area contributed by atoms with Gasteiger partial charge in [0.2, 0.25) is 5.89 Å². The first-order valence-corrected chi connectivity index (χ1v) is 10.7. The van der Waals surface area contributed by atoms with E-state index in [1.54, 1.807) is 22.2 Å². The maximum atomic E-state index is 13.0. The molecule has 0 bridgehead atoms. The molecule has 3 aromatic heterocycles. The smallest absolute Gasteiger partial charge is 0.262 e. The van der Waals surface area contributed by atoms with Crippen molar-refractivity contribution in [3.63, 3.8) is 0 Å². The number of hydrogen-bond acceptors (Lipinski definition) is 6. The first-order chi connectivity index (χ1) is 13.2. The average molecular weight is 398 g/mol. The number of para-hydroxylation sites is 1. The minimum absolute atomic E-state index is 0.0110. The minimum atomic E-state index is 0.0110. The Morgan fingerprint density at radius 3 is 2.85 bits per heavy atom. The van der Waals surface area contributed by atoms with Gasteiger partial charge in [-0.15, -0.1) is 11.3 Å². The third kappa shape index (κ3) is 3.57. The van der Waals surface area contributed by atoms with Gasteiger partial charge >= 0.3 is 0 Å². The van der Waals surface area contributed by atoms with Gasteiger partial charge in [-0.05, 0) is 36.9 Å². The molecule has 0 amide bonds. The molecule has 0 N–H and O–H groups in total. The van der Waals surface area contributed by atoms with Crippen molar-refractivity contribution < 1.29 is 4.42 Å². The van der Waals surface area contributed by atoms with Crippen molar-refractivity contribution in [2.45, 2.75) is 37.2 Å². The Kier molecular flexibility index (Phi) is 5.13. The van der Waals surface area contributed by atoms with Crippen LogP contribution < -0.4 is 5.56 Å². The largest absolute Gasteiger partial charge is 0.444 e. The van der Waals surface area contributed by atoms with Gasteiger partial charge in [0.15, 0.2) is 5.16 Å². The minimum Gasteiger partial charge on any atom is -0.444 e. The predicted molar refractivity (Wildman–Crippen MR) is 110 cm³/mol. The second-order valence-electron chi connectivity index (χ2n) is 6.25. The summed E-state index contributed by atoms with van der Waals surface area (Å²) in [7, 11) is 0. The topological polar surface area (TPSA) is 60.9 Å². The molecule has 0 saturated carbocycles. The van der Waals surface area contributed by atoms with Crippen molar-refractivity contribution in [3.05, 3.63) is 64.1 Å². The van der Waals surface area contributed by atoms with Crippen molar-refractivity contribution >= 4 is 34.0 Å². The molecule has 1 atom stereocenters. The van der Waals surface area contributed by atoms with Crippen molar-refractivity contribution in [1.82, 2.24) is 14.5 Å². The molecule has 0 aliphatic heterocycles. The lowest BCUT2D eigenvalue weighted by atomic mass is 10.2. The molecule has 138 valence electrons.